The zero-order valence-corrected chi connectivity index (χ0v) is 11.3. The molecule has 0 amide bonds. The molecule has 0 fully saturated rings. The lowest BCUT2D eigenvalue weighted by Gasteiger charge is -2.16. The summed E-state index contributed by atoms with van der Waals surface area (Å²) in [5.74, 6) is 0.640. The van der Waals surface area contributed by atoms with Gasteiger partial charge in [-0.25, -0.2) is 4.68 Å². The number of hydrogen-bond acceptors (Lipinski definition) is 2. The summed E-state index contributed by atoms with van der Waals surface area (Å²) in [6.45, 7) is 7.47. The number of para-hydroxylation sites is 1. The molecule has 0 aliphatic heterocycles. The third kappa shape index (κ3) is 3.20. The Morgan fingerprint density at radius 2 is 1.83 bits per heavy atom. The van der Waals surface area contributed by atoms with Crippen molar-refractivity contribution < 1.29 is 0 Å². The SMILES string of the molecule is CC(C)C(C)NCc1ccn(-c2ccccc2)n1. The van der Waals surface area contributed by atoms with Crippen LogP contribution in [0.1, 0.15) is 26.5 Å². The molecule has 1 unspecified atom stereocenters. The molecule has 0 spiro atoms. The molecule has 1 heterocycles. The average Bonchev–Trinajstić information content (AvgIpc) is 2.85. The van der Waals surface area contributed by atoms with Crippen LogP contribution < -0.4 is 5.32 Å². The van der Waals surface area contributed by atoms with Gasteiger partial charge in [-0.2, -0.15) is 5.10 Å². The Balaban J connectivity index is 1.99. The Kier molecular flexibility index (Phi) is 4.15. The second-order valence-electron chi connectivity index (χ2n) is 5.00. The Morgan fingerprint density at radius 3 is 2.50 bits per heavy atom. The van der Waals surface area contributed by atoms with Crippen LogP contribution in [0.3, 0.4) is 0 Å². The smallest absolute Gasteiger partial charge is 0.0766 e. The number of nitrogens with zero attached hydrogens (tertiary/aromatic N) is 2. The van der Waals surface area contributed by atoms with Crippen molar-refractivity contribution in [3.63, 3.8) is 0 Å². The van der Waals surface area contributed by atoms with Crippen molar-refractivity contribution >= 4 is 0 Å². The van der Waals surface area contributed by atoms with Crippen molar-refractivity contribution in [2.45, 2.75) is 33.4 Å². The van der Waals surface area contributed by atoms with E-state index >= 15 is 0 Å². The molecule has 1 N–H and O–H groups in total. The first kappa shape index (κ1) is 12.8. The fourth-order valence-electron chi connectivity index (χ4n) is 1.68. The van der Waals surface area contributed by atoms with Crippen LogP contribution in [0.4, 0.5) is 0 Å². The summed E-state index contributed by atoms with van der Waals surface area (Å²) in [6.07, 6.45) is 2.01. The van der Waals surface area contributed by atoms with Crippen molar-refractivity contribution in [1.82, 2.24) is 15.1 Å². The van der Waals surface area contributed by atoms with E-state index in [1.54, 1.807) is 0 Å². The Labute approximate surface area is 109 Å². The van der Waals surface area contributed by atoms with Gasteiger partial charge in [-0.1, -0.05) is 32.0 Å². The van der Waals surface area contributed by atoms with E-state index < -0.39 is 0 Å². The monoisotopic (exact) mass is 243 g/mol. The van der Waals surface area contributed by atoms with Gasteiger partial charge in [0.25, 0.3) is 0 Å². The zero-order valence-electron chi connectivity index (χ0n) is 11.3. The molecule has 0 radical (unpaired) electrons. The Morgan fingerprint density at radius 1 is 1.11 bits per heavy atom. The Bertz CT molecular complexity index is 473. The minimum Gasteiger partial charge on any atom is -0.308 e. The van der Waals surface area contributed by atoms with Gasteiger partial charge in [-0.3, -0.25) is 0 Å². The summed E-state index contributed by atoms with van der Waals surface area (Å²) < 4.78 is 1.91. The lowest BCUT2D eigenvalue weighted by atomic mass is 10.1. The second-order valence-corrected chi connectivity index (χ2v) is 5.00. The van der Waals surface area contributed by atoms with Crippen LogP contribution in [-0.4, -0.2) is 15.8 Å². The molecule has 0 aliphatic carbocycles. The number of nitrogens with one attached hydrogen (secondary N) is 1. The van der Waals surface area contributed by atoms with Crippen LogP contribution in [-0.2, 0) is 6.54 Å². The van der Waals surface area contributed by atoms with E-state index in [9.17, 15) is 0 Å². The maximum Gasteiger partial charge on any atom is 0.0766 e. The highest BCUT2D eigenvalue weighted by molar-refractivity contribution is 5.30. The molecule has 18 heavy (non-hydrogen) atoms. The summed E-state index contributed by atoms with van der Waals surface area (Å²) in [7, 11) is 0. The van der Waals surface area contributed by atoms with Crippen LogP contribution in [0.25, 0.3) is 5.69 Å². The molecule has 0 aliphatic rings. The van der Waals surface area contributed by atoms with Crippen molar-refractivity contribution in [3.8, 4) is 5.69 Å². The molecule has 96 valence electrons. The standard InChI is InChI=1S/C15H21N3/c1-12(2)13(3)16-11-14-9-10-18(17-14)15-7-5-4-6-8-15/h4-10,12-13,16H,11H2,1-3H3. The Hall–Kier alpha value is -1.61. The summed E-state index contributed by atoms with van der Waals surface area (Å²) in [6, 6.07) is 12.7. The largest absolute Gasteiger partial charge is 0.308 e. The van der Waals surface area contributed by atoms with E-state index in [1.165, 1.54) is 0 Å². The first-order chi connectivity index (χ1) is 8.66. The molecular formula is C15H21N3. The fraction of sp³-hybridized carbons (Fsp3) is 0.400. The van der Waals surface area contributed by atoms with Gasteiger partial charge in [0.15, 0.2) is 0 Å². The molecule has 0 bridgehead atoms. The van der Waals surface area contributed by atoms with E-state index in [2.05, 4.69) is 49.4 Å². The maximum absolute atomic E-state index is 4.57. The zero-order chi connectivity index (χ0) is 13.0. The van der Waals surface area contributed by atoms with E-state index in [4.69, 9.17) is 0 Å². The topological polar surface area (TPSA) is 29.9 Å². The predicted octanol–water partition coefficient (Wildman–Crippen LogP) is 3.01. The van der Waals surface area contributed by atoms with E-state index in [1.807, 2.05) is 29.1 Å². The van der Waals surface area contributed by atoms with Crippen molar-refractivity contribution in [2.24, 2.45) is 5.92 Å². The lowest BCUT2D eigenvalue weighted by molar-refractivity contribution is 0.423. The third-order valence-electron chi connectivity index (χ3n) is 3.27. The van der Waals surface area contributed by atoms with Gasteiger partial charge in [-0.05, 0) is 31.0 Å². The lowest BCUT2D eigenvalue weighted by Crippen LogP contribution is -2.30. The number of benzene rings is 1. The minimum absolute atomic E-state index is 0.506. The maximum atomic E-state index is 4.57. The van der Waals surface area contributed by atoms with Gasteiger partial charge in [-0.15, -0.1) is 0 Å². The molecule has 0 saturated carbocycles. The highest BCUT2D eigenvalue weighted by Gasteiger charge is 2.07. The second kappa shape index (κ2) is 5.83. The number of hydrogen-bond donors (Lipinski definition) is 1. The van der Waals surface area contributed by atoms with Crippen molar-refractivity contribution in [1.29, 1.82) is 0 Å². The van der Waals surface area contributed by atoms with Gasteiger partial charge in [0.2, 0.25) is 0 Å². The van der Waals surface area contributed by atoms with Gasteiger partial charge in [0.1, 0.15) is 0 Å². The molecule has 3 nitrogen and oxygen atoms in total. The summed E-state index contributed by atoms with van der Waals surface area (Å²) in [5, 5.41) is 8.05. The van der Waals surface area contributed by atoms with E-state index in [-0.39, 0.29) is 0 Å². The van der Waals surface area contributed by atoms with Crippen molar-refractivity contribution in [3.05, 3.63) is 48.3 Å². The van der Waals surface area contributed by atoms with Crippen LogP contribution in [0, 0.1) is 5.92 Å². The quantitative estimate of drug-likeness (QED) is 0.875. The molecule has 1 aromatic heterocycles. The molecule has 1 aromatic carbocycles. The summed E-state index contributed by atoms with van der Waals surface area (Å²) >= 11 is 0. The van der Waals surface area contributed by atoms with Gasteiger partial charge in [0.05, 0.1) is 11.4 Å². The molecule has 2 aromatic rings. The highest BCUT2D eigenvalue weighted by Crippen LogP contribution is 2.07. The van der Waals surface area contributed by atoms with E-state index in [0.29, 0.717) is 12.0 Å². The fourth-order valence-corrected chi connectivity index (χ4v) is 1.68. The highest BCUT2D eigenvalue weighted by atomic mass is 15.3. The van der Waals surface area contributed by atoms with Crippen LogP contribution >= 0.6 is 0 Å². The molecule has 2 rings (SSSR count). The van der Waals surface area contributed by atoms with Gasteiger partial charge >= 0.3 is 0 Å². The normalized spacial score (nSPS) is 12.9. The average molecular weight is 243 g/mol. The van der Waals surface area contributed by atoms with E-state index in [0.717, 1.165) is 17.9 Å². The summed E-state index contributed by atoms with van der Waals surface area (Å²) in [5.41, 5.74) is 2.17. The molecule has 3 heteroatoms. The number of aromatic nitrogens is 2. The van der Waals surface area contributed by atoms with Crippen LogP contribution in [0.2, 0.25) is 0 Å². The predicted molar refractivity (Wildman–Crippen MR) is 74.7 cm³/mol. The summed E-state index contributed by atoms with van der Waals surface area (Å²) in [4.78, 5) is 0. The van der Waals surface area contributed by atoms with Crippen LogP contribution in [0.15, 0.2) is 42.6 Å². The molecule has 0 saturated heterocycles. The van der Waals surface area contributed by atoms with Gasteiger partial charge < -0.3 is 5.32 Å². The van der Waals surface area contributed by atoms with Crippen LogP contribution in [0.5, 0.6) is 0 Å². The van der Waals surface area contributed by atoms with Gasteiger partial charge in [0, 0.05) is 18.8 Å². The number of rotatable bonds is 5. The minimum atomic E-state index is 0.506. The first-order valence-corrected chi connectivity index (χ1v) is 6.50. The van der Waals surface area contributed by atoms with Crippen molar-refractivity contribution in [2.75, 3.05) is 0 Å². The third-order valence-corrected chi connectivity index (χ3v) is 3.27. The molecular weight excluding hydrogens is 222 g/mol. The first-order valence-electron chi connectivity index (χ1n) is 6.50. The molecule has 1 atom stereocenters.